The third-order valence-electron chi connectivity index (χ3n) is 5.26. The van der Waals surface area contributed by atoms with Crippen molar-refractivity contribution in [3.8, 4) is 0 Å². The Balaban J connectivity index is 2.22. The molecule has 36 heavy (non-hydrogen) atoms. The number of hydrogen-bond donors (Lipinski definition) is 1. The molecule has 0 unspecified atom stereocenters. The van der Waals surface area contributed by atoms with Gasteiger partial charge in [0.1, 0.15) is 6.04 Å². The number of carbonyl (C=O) groups excluding carboxylic acids is 2. The van der Waals surface area contributed by atoms with Crippen molar-refractivity contribution in [2.45, 2.75) is 58.7 Å². The summed E-state index contributed by atoms with van der Waals surface area (Å²) in [5, 5.41) is 4.04. The summed E-state index contributed by atoms with van der Waals surface area (Å²) < 4.78 is 26.1. The van der Waals surface area contributed by atoms with Crippen LogP contribution in [-0.2, 0) is 26.2 Å². The predicted octanol–water partition coefficient (Wildman–Crippen LogP) is 5.53. The summed E-state index contributed by atoms with van der Waals surface area (Å²) in [6.45, 7) is 7.48. The van der Waals surface area contributed by atoms with Crippen molar-refractivity contribution in [2.24, 2.45) is 0 Å². The second-order valence-corrected chi connectivity index (χ2v) is 12.8. The van der Waals surface area contributed by atoms with Gasteiger partial charge in [0.2, 0.25) is 21.8 Å². The maximum atomic E-state index is 13.3. The highest BCUT2D eigenvalue weighted by Crippen LogP contribution is 2.31. The summed E-state index contributed by atoms with van der Waals surface area (Å²) in [5.41, 5.74) is 0.591. The average Bonchev–Trinajstić information content (AvgIpc) is 2.75. The van der Waals surface area contributed by atoms with E-state index >= 15 is 0 Å². The summed E-state index contributed by atoms with van der Waals surface area (Å²) in [6, 6.07) is 10.8. The van der Waals surface area contributed by atoms with Crippen LogP contribution < -0.4 is 9.62 Å². The van der Waals surface area contributed by atoms with Gasteiger partial charge in [-0.1, -0.05) is 46.9 Å². The Hall–Kier alpha value is -2.00. The normalized spacial score (nSPS) is 12.7. The standard InChI is InChI=1S/C25H32Cl3N3O4S/c1-17(24(33)29-25(2,3)4)30(16-18-8-10-19(26)11-9-18)23(32)7-6-14-31(36(5,34)35)22-15-20(27)12-13-21(22)28/h8-13,15,17H,6-7,14,16H2,1-5H3,(H,29,33)/t17-/m0/s1. The van der Waals surface area contributed by atoms with Gasteiger partial charge in [0.25, 0.3) is 0 Å². The fourth-order valence-corrected chi connectivity index (χ4v) is 5.03. The lowest BCUT2D eigenvalue weighted by Gasteiger charge is -2.32. The predicted molar refractivity (Wildman–Crippen MR) is 147 cm³/mol. The quantitative estimate of drug-likeness (QED) is 0.403. The van der Waals surface area contributed by atoms with Crippen molar-refractivity contribution in [2.75, 3.05) is 17.1 Å². The van der Waals surface area contributed by atoms with Crippen LogP contribution in [0.25, 0.3) is 0 Å². The first-order chi connectivity index (χ1) is 16.6. The topological polar surface area (TPSA) is 86.8 Å². The number of halogens is 3. The Morgan fingerprint density at radius 2 is 1.58 bits per heavy atom. The Labute approximate surface area is 228 Å². The molecule has 7 nitrogen and oxygen atoms in total. The number of benzene rings is 2. The molecule has 0 spiro atoms. The zero-order valence-corrected chi connectivity index (χ0v) is 24.1. The van der Waals surface area contributed by atoms with Crippen LogP contribution in [-0.4, -0.2) is 49.5 Å². The largest absolute Gasteiger partial charge is 0.350 e. The zero-order chi connectivity index (χ0) is 27.3. The van der Waals surface area contributed by atoms with Gasteiger partial charge in [0.05, 0.1) is 17.0 Å². The average molecular weight is 577 g/mol. The minimum absolute atomic E-state index is 0.0159. The van der Waals surface area contributed by atoms with Gasteiger partial charge in [0, 0.05) is 35.1 Å². The molecule has 2 rings (SSSR count). The number of carbonyl (C=O) groups is 2. The molecular formula is C25H32Cl3N3O4S. The second-order valence-electron chi connectivity index (χ2n) is 9.60. The molecule has 11 heteroatoms. The summed E-state index contributed by atoms with van der Waals surface area (Å²) in [6.07, 6.45) is 1.29. The summed E-state index contributed by atoms with van der Waals surface area (Å²) >= 11 is 18.3. The van der Waals surface area contributed by atoms with Gasteiger partial charge < -0.3 is 10.2 Å². The van der Waals surface area contributed by atoms with Crippen molar-refractivity contribution >= 4 is 62.3 Å². The van der Waals surface area contributed by atoms with E-state index in [2.05, 4.69) is 5.32 Å². The van der Waals surface area contributed by atoms with Crippen LogP contribution in [0, 0.1) is 0 Å². The number of amides is 2. The molecule has 2 aromatic rings. The van der Waals surface area contributed by atoms with Gasteiger partial charge in [0.15, 0.2) is 0 Å². The van der Waals surface area contributed by atoms with E-state index in [-0.39, 0.29) is 48.5 Å². The molecule has 0 aliphatic heterocycles. The number of nitrogens with one attached hydrogen (secondary N) is 1. The number of nitrogens with zero attached hydrogens (tertiary/aromatic N) is 2. The lowest BCUT2D eigenvalue weighted by molar-refractivity contribution is -0.141. The number of hydrogen-bond acceptors (Lipinski definition) is 4. The van der Waals surface area contributed by atoms with E-state index in [1.165, 1.54) is 17.0 Å². The van der Waals surface area contributed by atoms with Crippen LogP contribution in [0.2, 0.25) is 15.1 Å². The lowest BCUT2D eigenvalue weighted by atomic mass is 10.1. The molecule has 2 amide bonds. The van der Waals surface area contributed by atoms with E-state index in [0.29, 0.717) is 10.0 Å². The van der Waals surface area contributed by atoms with E-state index in [4.69, 9.17) is 34.8 Å². The van der Waals surface area contributed by atoms with Gasteiger partial charge in [-0.3, -0.25) is 13.9 Å². The monoisotopic (exact) mass is 575 g/mol. The molecule has 0 aromatic heterocycles. The smallest absolute Gasteiger partial charge is 0.242 e. The van der Waals surface area contributed by atoms with Gasteiger partial charge in [-0.25, -0.2) is 8.42 Å². The fraction of sp³-hybridized carbons (Fsp3) is 0.440. The van der Waals surface area contributed by atoms with Crippen molar-refractivity contribution < 1.29 is 18.0 Å². The maximum absolute atomic E-state index is 13.3. The Kier molecular flexibility index (Phi) is 10.5. The van der Waals surface area contributed by atoms with Crippen molar-refractivity contribution in [3.05, 3.63) is 63.1 Å². The molecule has 0 fully saturated rings. The van der Waals surface area contributed by atoms with Crippen LogP contribution in [0.4, 0.5) is 5.69 Å². The molecule has 2 aromatic carbocycles. The molecule has 1 atom stereocenters. The van der Waals surface area contributed by atoms with Crippen LogP contribution >= 0.6 is 34.8 Å². The molecular weight excluding hydrogens is 545 g/mol. The molecule has 0 aliphatic carbocycles. The Morgan fingerprint density at radius 1 is 1.00 bits per heavy atom. The fourth-order valence-electron chi connectivity index (χ4n) is 3.50. The Bertz CT molecular complexity index is 1180. The highest BCUT2D eigenvalue weighted by atomic mass is 35.5. The van der Waals surface area contributed by atoms with Crippen molar-refractivity contribution in [1.82, 2.24) is 10.2 Å². The summed E-state index contributed by atoms with van der Waals surface area (Å²) in [5.74, 6) is -0.569. The molecule has 0 saturated carbocycles. The number of sulfonamides is 1. The Morgan fingerprint density at radius 3 is 2.14 bits per heavy atom. The van der Waals surface area contributed by atoms with E-state index in [1.54, 1.807) is 37.3 Å². The highest BCUT2D eigenvalue weighted by molar-refractivity contribution is 7.92. The first-order valence-electron chi connectivity index (χ1n) is 11.4. The first kappa shape index (κ1) is 30.2. The minimum Gasteiger partial charge on any atom is -0.350 e. The maximum Gasteiger partial charge on any atom is 0.242 e. The lowest BCUT2D eigenvalue weighted by Crippen LogP contribution is -2.52. The van der Waals surface area contributed by atoms with Crippen LogP contribution in [0.1, 0.15) is 46.1 Å². The van der Waals surface area contributed by atoms with E-state index in [9.17, 15) is 18.0 Å². The molecule has 0 aliphatic rings. The van der Waals surface area contributed by atoms with Crippen molar-refractivity contribution in [1.29, 1.82) is 0 Å². The molecule has 0 radical (unpaired) electrons. The molecule has 1 N–H and O–H groups in total. The van der Waals surface area contributed by atoms with Gasteiger partial charge in [-0.15, -0.1) is 0 Å². The first-order valence-corrected chi connectivity index (χ1v) is 14.4. The molecule has 0 heterocycles. The van der Waals surface area contributed by atoms with Gasteiger partial charge in [-0.2, -0.15) is 0 Å². The van der Waals surface area contributed by atoms with Gasteiger partial charge >= 0.3 is 0 Å². The molecule has 0 bridgehead atoms. The third kappa shape index (κ3) is 9.14. The summed E-state index contributed by atoms with van der Waals surface area (Å²) in [4.78, 5) is 27.7. The number of anilines is 1. The summed E-state index contributed by atoms with van der Waals surface area (Å²) in [7, 11) is -3.69. The van der Waals surface area contributed by atoms with E-state index in [0.717, 1.165) is 16.1 Å². The van der Waals surface area contributed by atoms with Crippen LogP contribution in [0.3, 0.4) is 0 Å². The highest BCUT2D eigenvalue weighted by Gasteiger charge is 2.29. The second kappa shape index (κ2) is 12.5. The van der Waals surface area contributed by atoms with Gasteiger partial charge in [-0.05, 0) is 70.0 Å². The number of rotatable bonds is 10. The van der Waals surface area contributed by atoms with E-state index < -0.39 is 21.6 Å². The zero-order valence-electron chi connectivity index (χ0n) is 21.0. The minimum atomic E-state index is -3.69. The third-order valence-corrected chi connectivity index (χ3v) is 7.25. The van der Waals surface area contributed by atoms with E-state index in [1.807, 2.05) is 20.8 Å². The molecule has 198 valence electrons. The SMILES string of the molecule is C[C@@H](C(=O)NC(C)(C)C)N(Cc1ccc(Cl)cc1)C(=O)CCCN(c1cc(Cl)ccc1Cl)S(C)(=O)=O. The van der Waals surface area contributed by atoms with Crippen LogP contribution in [0.5, 0.6) is 0 Å². The van der Waals surface area contributed by atoms with Crippen LogP contribution in [0.15, 0.2) is 42.5 Å². The van der Waals surface area contributed by atoms with Crippen molar-refractivity contribution in [3.63, 3.8) is 0 Å². The molecule has 0 saturated heterocycles.